The summed E-state index contributed by atoms with van der Waals surface area (Å²) < 4.78 is 0. The van der Waals surface area contributed by atoms with Gasteiger partial charge in [0.2, 0.25) is 0 Å². The van der Waals surface area contributed by atoms with Gasteiger partial charge in [0.05, 0.1) is 6.10 Å². The first-order valence-corrected chi connectivity index (χ1v) is 6.50. The highest BCUT2D eigenvalue weighted by molar-refractivity contribution is 7.99. The second-order valence-corrected chi connectivity index (χ2v) is 5.23. The van der Waals surface area contributed by atoms with Crippen LogP contribution in [0.4, 0.5) is 0 Å². The minimum absolute atomic E-state index is 0.396. The summed E-state index contributed by atoms with van der Waals surface area (Å²) in [7, 11) is 0. The van der Waals surface area contributed by atoms with Gasteiger partial charge in [-0.05, 0) is 43.2 Å². The Morgan fingerprint density at radius 1 is 1.00 bits per heavy atom. The second-order valence-electron chi connectivity index (χ2n) is 4.11. The van der Waals surface area contributed by atoms with Crippen LogP contribution in [0.15, 0.2) is 58.3 Å². The van der Waals surface area contributed by atoms with E-state index >= 15 is 0 Å². The molecule has 0 amide bonds. The molecule has 0 saturated heterocycles. The van der Waals surface area contributed by atoms with Crippen molar-refractivity contribution in [3.63, 3.8) is 0 Å². The molecule has 0 saturated carbocycles. The Morgan fingerprint density at radius 2 is 1.65 bits per heavy atom. The van der Waals surface area contributed by atoms with E-state index in [0.717, 1.165) is 5.56 Å². The van der Waals surface area contributed by atoms with E-state index < -0.39 is 6.10 Å². The lowest BCUT2D eigenvalue weighted by atomic mass is 10.1. The third kappa shape index (κ3) is 3.11. The van der Waals surface area contributed by atoms with Crippen LogP contribution in [0.25, 0.3) is 0 Å². The summed E-state index contributed by atoms with van der Waals surface area (Å²) in [6.45, 7) is 3.90. The Balaban J connectivity index is 2.17. The first-order valence-electron chi connectivity index (χ1n) is 5.68. The molecular formula is C15H16OS. The molecular weight excluding hydrogens is 228 g/mol. The highest BCUT2D eigenvalue weighted by Crippen LogP contribution is 2.30. The average Bonchev–Trinajstić information content (AvgIpc) is 2.33. The summed E-state index contributed by atoms with van der Waals surface area (Å²) in [5.74, 6) is 0. The van der Waals surface area contributed by atoms with E-state index in [1.165, 1.54) is 15.4 Å². The van der Waals surface area contributed by atoms with E-state index in [4.69, 9.17) is 0 Å². The third-order valence-electron chi connectivity index (χ3n) is 2.68. The minimum Gasteiger partial charge on any atom is -0.389 e. The summed E-state index contributed by atoms with van der Waals surface area (Å²) in [6.07, 6.45) is -0.396. The molecule has 17 heavy (non-hydrogen) atoms. The standard InChI is InChI=1S/C15H16OS/c1-11-5-3-4-6-15(11)17-14-9-7-13(8-10-14)12(2)16/h3-10,12,16H,1-2H3/t12-/m0/s1. The van der Waals surface area contributed by atoms with Crippen LogP contribution < -0.4 is 0 Å². The molecule has 0 fully saturated rings. The molecule has 2 aromatic carbocycles. The van der Waals surface area contributed by atoms with Crippen LogP contribution in [0.5, 0.6) is 0 Å². The summed E-state index contributed by atoms with van der Waals surface area (Å²) in [5.41, 5.74) is 2.25. The average molecular weight is 244 g/mol. The fourth-order valence-electron chi connectivity index (χ4n) is 1.61. The van der Waals surface area contributed by atoms with Crippen molar-refractivity contribution in [3.05, 3.63) is 59.7 Å². The van der Waals surface area contributed by atoms with E-state index in [0.29, 0.717) is 0 Å². The van der Waals surface area contributed by atoms with Gasteiger partial charge in [0, 0.05) is 9.79 Å². The van der Waals surface area contributed by atoms with E-state index in [1.807, 2.05) is 12.1 Å². The Morgan fingerprint density at radius 3 is 2.24 bits per heavy atom. The topological polar surface area (TPSA) is 20.2 Å². The van der Waals surface area contributed by atoms with Gasteiger partial charge in [-0.2, -0.15) is 0 Å². The number of hydrogen-bond donors (Lipinski definition) is 1. The smallest absolute Gasteiger partial charge is 0.0761 e. The number of rotatable bonds is 3. The van der Waals surface area contributed by atoms with Crippen LogP contribution in [0, 0.1) is 6.92 Å². The summed E-state index contributed by atoms with van der Waals surface area (Å²) >= 11 is 1.75. The molecule has 0 radical (unpaired) electrons. The van der Waals surface area contributed by atoms with Gasteiger partial charge in [0.25, 0.3) is 0 Å². The predicted molar refractivity (Wildman–Crippen MR) is 72.4 cm³/mol. The molecule has 1 N–H and O–H groups in total. The zero-order valence-electron chi connectivity index (χ0n) is 10.1. The molecule has 88 valence electrons. The van der Waals surface area contributed by atoms with Gasteiger partial charge in [0.15, 0.2) is 0 Å². The van der Waals surface area contributed by atoms with Crippen molar-refractivity contribution in [1.29, 1.82) is 0 Å². The fourth-order valence-corrected chi connectivity index (χ4v) is 2.51. The van der Waals surface area contributed by atoms with Crippen LogP contribution in [-0.2, 0) is 0 Å². The fraction of sp³-hybridized carbons (Fsp3) is 0.200. The minimum atomic E-state index is -0.396. The van der Waals surface area contributed by atoms with Crippen molar-refractivity contribution < 1.29 is 5.11 Å². The Labute approximate surface area is 107 Å². The van der Waals surface area contributed by atoms with Gasteiger partial charge < -0.3 is 5.11 Å². The summed E-state index contributed by atoms with van der Waals surface area (Å²) in [4.78, 5) is 2.47. The van der Waals surface area contributed by atoms with Gasteiger partial charge in [-0.3, -0.25) is 0 Å². The van der Waals surface area contributed by atoms with Crippen molar-refractivity contribution in [2.45, 2.75) is 29.7 Å². The van der Waals surface area contributed by atoms with Crippen molar-refractivity contribution in [1.82, 2.24) is 0 Å². The van der Waals surface area contributed by atoms with Crippen molar-refractivity contribution >= 4 is 11.8 Å². The maximum absolute atomic E-state index is 9.44. The van der Waals surface area contributed by atoms with Gasteiger partial charge >= 0.3 is 0 Å². The highest BCUT2D eigenvalue weighted by atomic mass is 32.2. The monoisotopic (exact) mass is 244 g/mol. The van der Waals surface area contributed by atoms with E-state index in [2.05, 4.69) is 43.3 Å². The van der Waals surface area contributed by atoms with Crippen LogP contribution >= 0.6 is 11.8 Å². The van der Waals surface area contributed by atoms with Gasteiger partial charge in [-0.15, -0.1) is 0 Å². The molecule has 0 aliphatic heterocycles. The Kier molecular flexibility index (Phi) is 3.87. The molecule has 2 heteroatoms. The zero-order valence-corrected chi connectivity index (χ0v) is 10.9. The van der Waals surface area contributed by atoms with E-state index in [1.54, 1.807) is 18.7 Å². The molecule has 0 unspecified atom stereocenters. The second kappa shape index (κ2) is 5.39. The first kappa shape index (κ1) is 12.2. The largest absolute Gasteiger partial charge is 0.389 e. The highest BCUT2D eigenvalue weighted by Gasteiger charge is 2.02. The molecule has 0 aromatic heterocycles. The molecule has 2 rings (SSSR count). The molecule has 0 heterocycles. The quantitative estimate of drug-likeness (QED) is 0.873. The molecule has 1 nitrogen and oxygen atoms in total. The molecule has 0 spiro atoms. The lowest BCUT2D eigenvalue weighted by Gasteiger charge is -2.07. The number of aryl methyl sites for hydroxylation is 1. The van der Waals surface area contributed by atoms with Gasteiger partial charge in [-0.25, -0.2) is 0 Å². The summed E-state index contributed by atoms with van der Waals surface area (Å²) in [5, 5.41) is 9.44. The van der Waals surface area contributed by atoms with Crippen LogP contribution in [0.3, 0.4) is 0 Å². The first-order chi connectivity index (χ1) is 8.16. The Hall–Kier alpha value is -1.25. The van der Waals surface area contributed by atoms with Crippen LogP contribution in [0.1, 0.15) is 24.2 Å². The molecule has 0 aliphatic rings. The predicted octanol–water partition coefficient (Wildman–Crippen LogP) is 4.20. The molecule has 0 bridgehead atoms. The number of aliphatic hydroxyl groups excluding tert-OH is 1. The van der Waals surface area contributed by atoms with Gasteiger partial charge in [-0.1, -0.05) is 42.1 Å². The molecule has 0 aliphatic carbocycles. The zero-order chi connectivity index (χ0) is 12.3. The number of benzene rings is 2. The molecule has 1 atom stereocenters. The Bertz CT molecular complexity index is 489. The van der Waals surface area contributed by atoms with Crippen molar-refractivity contribution in [3.8, 4) is 0 Å². The normalized spacial score (nSPS) is 12.4. The lowest BCUT2D eigenvalue weighted by molar-refractivity contribution is 0.199. The SMILES string of the molecule is Cc1ccccc1Sc1ccc([C@H](C)O)cc1. The van der Waals surface area contributed by atoms with Crippen LogP contribution in [-0.4, -0.2) is 5.11 Å². The van der Waals surface area contributed by atoms with E-state index in [9.17, 15) is 5.11 Å². The van der Waals surface area contributed by atoms with Gasteiger partial charge in [0.1, 0.15) is 0 Å². The molecule has 2 aromatic rings. The summed E-state index contributed by atoms with van der Waals surface area (Å²) in [6, 6.07) is 16.4. The maximum Gasteiger partial charge on any atom is 0.0761 e. The van der Waals surface area contributed by atoms with Crippen molar-refractivity contribution in [2.75, 3.05) is 0 Å². The van der Waals surface area contributed by atoms with Crippen molar-refractivity contribution in [2.24, 2.45) is 0 Å². The van der Waals surface area contributed by atoms with E-state index in [-0.39, 0.29) is 0 Å². The van der Waals surface area contributed by atoms with Crippen LogP contribution in [0.2, 0.25) is 0 Å². The number of aliphatic hydroxyl groups is 1. The lowest BCUT2D eigenvalue weighted by Crippen LogP contribution is -1.89. The third-order valence-corrected chi connectivity index (χ3v) is 3.87. The maximum atomic E-state index is 9.44. The number of hydrogen-bond acceptors (Lipinski definition) is 2.